The number of hydrogen-bond donors (Lipinski definition) is 1. The van der Waals surface area contributed by atoms with Crippen molar-refractivity contribution in [2.45, 2.75) is 38.6 Å². The van der Waals surface area contributed by atoms with Crippen LogP contribution in [-0.4, -0.2) is 79.2 Å². The number of hydrogen-bond acceptors (Lipinski definition) is 7. The standard InChI is InChI=1S/C30H36N2O6/c1-30(2,3)22-8-5-20(6-9-22)26-25(27(33)21-7-10-23-24(19-21)38-18-17-37-23)28(34)29(35)32(26)12-4-11-31-13-15-36-16-14-31/h5-10,19,26,33H,4,11-18H2,1-3H3/t26-/m1/s1. The molecule has 0 aliphatic carbocycles. The Hall–Kier alpha value is -3.36. The van der Waals surface area contributed by atoms with Gasteiger partial charge in [-0.15, -0.1) is 0 Å². The molecule has 3 aliphatic heterocycles. The number of Topliss-reactive ketones (excluding diaryl/α,β-unsaturated/α-hetero) is 1. The van der Waals surface area contributed by atoms with Gasteiger partial charge >= 0.3 is 0 Å². The van der Waals surface area contributed by atoms with E-state index in [0.717, 1.165) is 30.8 Å². The van der Waals surface area contributed by atoms with Crippen LogP contribution in [0.2, 0.25) is 0 Å². The Labute approximate surface area is 223 Å². The molecule has 0 radical (unpaired) electrons. The number of nitrogens with zero attached hydrogens (tertiary/aromatic N) is 2. The van der Waals surface area contributed by atoms with Crippen LogP contribution in [0.5, 0.6) is 11.5 Å². The predicted molar refractivity (Wildman–Crippen MR) is 143 cm³/mol. The zero-order valence-electron chi connectivity index (χ0n) is 22.4. The highest BCUT2D eigenvalue weighted by Crippen LogP contribution is 2.41. The Balaban J connectivity index is 1.50. The Morgan fingerprint density at radius 3 is 2.29 bits per heavy atom. The number of benzene rings is 2. The summed E-state index contributed by atoms with van der Waals surface area (Å²) < 4.78 is 16.7. The SMILES string of the molecule is CC(C)(C)c1ccc([C@@H]2C(=C(O)c3ccc4c(c3)OCCO4)C(=O)C(=O)N2CCCN2CCOCC2)cc1. The number of aliphatic hydroxyl groups excluding tert-OH is 1. The van der Waals surface area contributed by atoms with Gasteiger partial charge in [0.1, 0.15) is 19.0 Å². The van der Waals surface area contributed by atoms with E-state index in [4.69, 9.17) is 14.2 Å². The van der Waals surface area contributed by atoms with Crippen LogP contribution >= 0.6 is 0 Å². The minimum Gasteiger partial charge on any atom is -0.507 e. The lowest BCUT2D eigenvalue weighted by atomic mass is 9.85. The molecule has 8 nitrogen and oxygen atoms in total. The summed E-state index contributed by atoms with van der Waals surface area (Å²) in [4.78, 5) is 30.6. The fraction of sp³-hybridized carbons (Fsp3) is 0.467. The third-order valence-electron chi connectivity index (χ3n) is 7.43. The van der Waals surface area contributed by atoms with E-state index in [9.17, 15) is 14.7 Å². The minimum atomic E-state index is -0.679. The first kappa shape index (κ1) is 26.3. The van der Waals surface area contributed by atoms with Crippen molar-refractivity contribution < 1.29 is 28.9 Å². The lowest BCUT2D eigenvalue weighted by molar-refractivity contribution is -0.140. The number of ketones is 1. The summed E-state index contributed by atoms with van der Waals surface area (Å²) in [6.45, 7) is 11.6. The van der Waals surface area contributed by atoms with Gasteiger partial charge < -0.3 is 24.2 Å². The smallest absolute Gasteiger partial charge is 0.295 e. The molecule has 0 unspecified atom stereocenters. The molecular weight excluding hydrogens is 484 g/mol. The molecule has 5 rings (SSSR count). The van der Waals surface area contributed by atoms with Crippen molar-refractivity contribution in [1.29, 1.82) is 0 Å². The molecule has 0 saturated carbocycles. The summed E-state index contributed by atoms with van der Waals surface area (Å²) in [5.74, 6) is -0.373. The number of morpholine rings is 1. The van der Waals surface area contributed by atoms with Gasteiger partial charge in [-0.2, -0.15) is 0 Å². The quantitative estimate of drug-likeness (QED) is 0.351. The van der Waals surface area contributed by atoms with Gasteiger partial charge in [0, 0.05) is 31.7 Å². The van der Waals surface area contributed by atoms with E-state index in [1.807, 2.05) is 24.3 Å². The average Bonchev–Trinajstić information content (AvgIpc) is 3.17. The zero-order chi connectivity index (χ0) is 26.9. The Morgan fingerprint density at radius 1 is 0.921 bits per heavy atom. The van der Waals surface area contributed by atoms with Crippen LogP contribution in [0.1, 0.15) is 49.9 Å². The molecule has 38 heavy (non-hydrogen) atoms. The molecule has 1 N–H and O–H groups in total. The predicted octanol–water partition coefficient (Wildman–Crippen LogP) is 3.90. The molecule has 8 heteroatoms. The zero-order valence-corrected chi connectivity index (χ0v) is 22.4. The average molecular weight is 521 g/mol. The first-order valence-corrected chi connectivity index (χ1v) is 13.3. The van der Waals surface area contributed by atoms with E-state index in [1.165, 1.54) is 0 Å². The second-order valence-corrected chi connectivity index (χ2v) is 11.0. The first-order chi connectivity index (χ1) is 18.2. The van der Waals surface area contributed by atoms with Crippen molar-refractivity contribution >= 4 is 17.4 Å². The van der Waals surface area contributed by atoms with Gasteiger partial charge in [0.05, 0.1) is 24.8 Å². The van der Waals surface area contributed by atoms with Crippen molar-refractivity contribution in [2.75, 3.05) is 52.6 Å². The normalized spacial score (nSPS) is 21.7. The van der Waals surface area contributed by atoms with Gasteiger partial charge in [-0.25, -0.2) is 0 Å². The summed E-state index contributed by atoms with van der Waals surface area (Å²) in [6.07, 6.45) is 0.716. The lowest BCUT2D eigenvalue weighted by Crippen LogP contribution is -2.39. The highest BCUT2D eigenvalue weighted by atomic mass is 16.6. The molecule has 2 fully saturated rings. The van der Waals surface area contributed by atoms with E-state index < -0.39 is 17.7 Å². The maximum absolute atomic E-state index is 13.4. The molecule has 3 aliphatic rings. The van der Waals surface area contributed by atoms with Crippen LogP contribution in [-0.2, 0) is 19.7 Å². The molecule has 0 bridgehead atoms. The van der Waals surface area contributed by atoms with Gasteiger partial charge in [-0.05, 0) is 41.2 Å². The van der Waals surface area contributed by atoms with Crippen LogP contribution < -0.4 is 9.47 Å². The van der Waals surface area contributed by atoms with Crippen molar-refractivity contribution in [3.05, 3.63) is 64.7 Å². The molecule has 1 atom stereocenters. The molecular formula is C30H36N2O6. The van der Waals surface area contributed by atoms with Gasteiger partial charge in [0.2, 0.25) is 0 Å². The third kappa shape index (κ3) is 5.28. The number of carbonyl (C=O) groups is 2. The fourth-order valence-corrected chi connectivity index (χ4v) is 5.26. The van der Waals surface area contributed by atoms with E-state index in [1.54, 1.807) is 23.1 Å². The maximum atomic E-state index is 13.4. The van der Waals surface area contributed by atoms with Crippen molar-refractivity contribution in [3.8, 4) is 11.5 Å². The number of amides is 1. The summed E-state index contributed by atoms with van der Waals surface area (Å²) in [7, 11) is 0. The van der Waals surface area contributed by atoms with E-state index in [-0.39, 0.29) is 16.7 Å². The number of fused-ring (bicyclic) bond motifs is 1. The van der Waals surface area contributed by atoms with E-state index in [0.29, 0.717) is 56.5 Å². The third-order valence-corrected chi connectivity index (χ3v) is 7.43. The number of rotatable bonds is 6. The van der Waals surface area contributed by atoms with Gasteiger partial charge in [-0.1, -0.05) is 45.0 Å². The van der Waals surface area contributed by atoms with Crippen LogP contribution in [0.4, 0.5) is 0 Å². The Kier molecular flexibility index (Phi) is 7.45. The van der Waals surface area contributed by atoms with E-state index >= 15 is 0 Å². The summed E-state index contributed by atoms with van der Waals surface area (Å²) in [6, 6.07) is 12.4. The molecule has 2 saturated heterocycles. The first-order valence-electron chi connectivity index (χ1n) is 13.3. The second-order valence-electron chi connectivity index (χ2n) is 11.0. The fourth-order valence-electron chi connectivity index (χ4n) is 5.26. The van der Waals surface area contributed by atoms with Crippen LogP contribution in [0.15, 0.2) is 48.0 Å². The molecule has 0 spiro atoms. The topological polar surface area (TPSA) is 88.5 Å². The Bertz CT molecular complexity index is 1220. The van der Waals surface area contributed by atoms with Crippen LogP contribution in [0.3, 0.4) is 0 Å². The van der Waals surface area contributed by atoms with Gasteiger partial charge in [0.15, 0.2) is 11.5 Å². The van der Waals surface area contributed by atoms with E-state index in [2.05, 4.69) is 25.7 Å². The van der Waals surface area contributed by atoms with Crippen molar-refractivity contribution in [1.82, 2.24) is 9.80 Å². The van der Waals surface area contributed by atoms with Crippen molar-refractivity contribution in [2.24, 2.45) is 0 Å². The van der Waals surface area contributed by atoms with Crippen LogP contribution in [0.25, 0.3) is 5.76 Å². The highest BCUT2D eigenvalue weighted by molar-refractivity contribution is 6.46. The lowest BCUT2D eigenvalue weighted by Gasteiger charge is -2.29. The minimum absolute atomic E-state index is 0.0380. The monoisotopic (exact) mass is 520 g/mol. The molecule has 2 aromatic carbocycles. The maximum Gasteiger partial charge on any atom is 0.295 e. The van der Waals surface area contributed by atoms with Crippen molar-refractivity contribution in [3.63, 3.8) is 0 Å². The largest absolute Gasteiger partial charge is 0.507 e. The number of ether oxygens (including phenoxy) is 3. The molecule has 0 aromatic heterocycles. The molecule has 202 valence electrons. The Morgan fingerprint density at radius 2 is 1.61 bits per heavy atom. The summed E-state index contributed by atoms with van der Waals surface area (Å²) in [5, 5.41) is 11.4. The molecule has 2 aromatic rings. The second kappa shape index (κ2) is 10.8. The van der Waals surface area contributed by atoms with Crippen LogP contribution in [0, 0.1) is 0 Å². The summed E-state index contributed by atoms with van der Waals surface area (Å²) in [5.41, 5.74) is 2.42. The number of aliphatic hydroxyl groups is 1. The molecule has 3 heterocycles. The highest BCUT2D eigenvalue weighted by Gasteiger charge is 2.46. The van der Waals surface area contributed by atoms with Gasteiger partial charge in [0.25, 0.3) is 11.7 Å². The number of likely N-dealkylation sites (tertiary alicyclic amines) is 1. The molecule has 1 amide bonds. The number of carbonyl (C=O) groups excluding carboxylic acids is 2. The van der Waals surface area contributed by atoms with Gasteiger partial charge in [-0.3, -0.25) is 14.5 Å². The summed E-state index contributed by atoms with van der Waals surface area (Å²) >= 11 is 0.